The van der Waals surface area contributed by atoms with Crippen LogP contribution < -0.4 is 33.2 Å². The summed E-state index contributed by atoms with van der Waals surface area (Å²) in [6.45, 7) is 0. The Morgan fingerprint density at radius 2 is 0.435 bits per heavy atom. The second-order valence-electron chi connectivity index (χ2n) is 21.8. The summed E-state index contributed by atoms with van der Waals surface area (Å²) in [5, 5.41) is 33.0. The first kappa shape index (κ1) is 81.3. The summed E-state index contributed by atoms with van der Waals surface area (Å²) in [6.07, 6.45) is 0. The maximum absolute atomic E-state index is 10.7. The van der Waals surface area contributed by atoms with Gasteiger partial charge in [0.2, 0.25) is 0 Å². The zero-order valence-corrected chi connectivity index (χ0v) is 61.6. The first-order valence-corrected chi connectivity index (χ1v) is 36.8. The molecular weight excluding hydrogens is 1340 g/mol. The van der Waals surface area contributed by atoms with Gasteiger partial charge in [0.15, 0.2) is 0 Å². The van der Waals surface area contributed by atoms with Crippen LogP contribution in [0.1, 0.15) is 0 Å². The molecule has 0 amide bonds. The van der Waals surface area contributed by atoms with Gasteiger partial charge in [0, 0.05) is 169 Å². The van der Waals surface area contributed by atoms with Gasteiger partial charge >= 0.3 is 64.8 Å². The van der Waals surface area contributed by atoms with E-state index in [4.69, 9.17) is 37.7 Å². The molecule has 32 nitrogen and oxygen atoms in total. The van der Waals surface area contributed by atoms with Crippen molar-refractivity contribution in [2.75, 3.05) is 169 Å². The number of halogens is 6. The fourth-order valence-electron chi connectivity index (χ4n) is 9.22. The molecule has 0 aliphatic rings. The molecule has 0 radical (unpaired) electrons. The zero-order valence-electron chi connectivity index (χ0n) is 56.2. The van der Waals surface area contributed by atoms with Gasteiger partial charge in [0.25, 0.3) is 0 Å². The second kappa shape index (κ2) is 31.7. The Hall–Kier alpha value is -4.96. The molecule has 4 heterocycles. The Labute approximate surface area is 535 Å². The Bertz CT molecular complexity index is 3100. The molecule has 0 aliphatic carbocycles. The molecule has 92 heavy (non-hydrogen) atoms. The number of rotatable bonds is 20. The third-order valence-electron chi connectivity index (χ3n) is 12.3. The summed E-state index contributed by atoms with van der Waals surface area (Å²) < 4.78 is 118. The van der Waals surface area contributed by atoms with Crippen molar-refractivity contribution in [1.82, 2.24) is 117 Å². The van der Waals surface area contributed by atoms with Gasteiger partial charge in [-0.1, -0.05) is 48.5 Å². The molecule has 0 unspecified atom stereocenters. The molecule has 0 fully saturated rings. The van der Waals surface area contributed by atoms with Gasteiger partial charge in [0.1, 0.15) is 44.1 Å². The number of fused-ring (bicyclic) bond motifs is 4. The number of aromatic nitrogens is 12. The van der Waals surface area contributed by atoms with Crippen molar-refractivity contribution >= 4 is 91.5 Å². The van der Waals surface area contributed by atoms with Crippen molar-refractivity contribution in [1.29, 1.82) is 0 Å². The fraction of sp³-hybridized carbons (Fsp3) is 0.500. The van der Waals surface area contributed by atoms with Crippen molar-refractivity contribution in [2.45, 2.75) is 0 Å². The third-order valence-corrected chi connectivity index (χ3v) is 26.3. The molecule has 8 aromatic rings. The number of nitrogens with zero attached hydrogens (tertiary/aromatic N) is 24. The van der Waals surface area contributed by atoms with E-state index in [2.05, 4.69) is 97.3 Å². The molecule has 0 bridgehead atoms. The summed E-state index contributed by atoms with van der Waals surface area (Å²) >= 11 is 0. The number of hydrogen-bond acceptors (Lipinski definition) is 28. The smallest absolute Gasteiger partial charge is 0.159 e. The molecule has 0 spiro atoms. The minimum absolute atomic E-state index is 0.821. The van der Waals surface area contributed by atoms with E-state index in [1.165, 1.54) is 19.4 Å². The molecule has 4 aromatic heterocycles. The maximum atomic E-state index is 9.87. The Morgan fingerprint density at radius 3 is 0.554 bits per heavy atom. The summed E-state index contributed by atoms with van der Waals surface area (Å²) in [7, 11) is 23.5. The van der Waals surface area contributed by atoms with Gasteiger partial charge in [-0.25, -0.2) is 0 Å². The minimum Gasteiger partial charge on any atom is -0.822 e. The number of benzene rings is 4. The van der Waals surface area contributed by atoms with Gasteiger partial charge in [-0.2, -0.15) is 26.3 Å². The van der Waals surface area contributed by atoms with E-state index in [1.54, 1.807) is 0 Å². The molecular formula is C48H88F6N24O8P6. The van der Waals surface area contributed by atoms with E-state index in [9.17, 15) is 25.2 Å². The molecule has 44 heteroatoms. The molecule has 8 rings (SSSR count). The Balaban J connectivity index is 0.000000302. The van der Waals surface area contributed by atoms with Gasteiger partial charge in [-0.05, 0) is 88.8 Å². The predicted octanol–water partition coefficient (Wildman–Crippen LogP) is 5.45. The van der Waals surface area contributed by atoms with Gasteiger partial charge in [0.05, 0.1) is 0 Å². The van der Waals surface area contributed by atoms with Crippen LogP contribution in [0.3, 0.4) is 0 Å². The zero-order chi connectivity index (χ0) is 70.6. The van der Waals surface area contributed by atoms with Crippen LogP contribution in [0.15, 0.2) is 97.1 Å². The van der Waals surface area contributed by atoms with E-state index >= 15 is 0 Å². The monoisotopic (exact) mass is 1430 g/mol. The van der Waals surface area contributed by atoms with Crippen LogP contribution in [0.25, 0.3) is 44.1 Å². The van der Waals surface area contributed by atoms with Crippen LogP contribution in [0, 0.1) is 0 Å². The van der Waals surface area contributed by atoms with Gasteiger partial charge < -0.3 is 19.2 Å². The van der Waals surface area contributed by atoms with Crippen LogP contribution in [0.2, 0.25) is 0 Å². The van der Waals surface area contributed by atoms with Crippen molar-refractivity contribution in [3.05, 3.63) is 97.1 Å². The number of para-hydroxylation sites is 4. The van der Waals surface area contributed by atoms with E-state index in [0.29, 0.717) is 0 Å². The molecule has 0 saturated heterocycles. The van der Waals surface area contributed by atoms with E-state index in [0.717, 1.165) is 44.1 Å². The average Bonchev–Trinajstić information content (AvgIpc) is 1.65. The van der Waals surface area contributed by atoms with Crippen LogP contribution in [0.4, 0.5) is 25.2 Å². The van der Waals surface area contributed by atoms with Crippen molar-refractivity contribution in [3.8, 4) is 0 Å². The molecule has 4 aromatic carbocycles. The molecule has 520 valence electrons. The normalized spacial score (nSPS) is 13.6. The summed E-state index contributed by atoms with van der Waals surface area (Å²) in [4.78, 5) is 31.7. The standard InChI is InChI=1S/4C12H22N6OP.F6P.H3O4P/c4*1-15(2)20(16(3)4,17(5)6)19-18-12-10-8-7-9-11(12)13-14-18;1-7(2,3,4,5)6;1-5(2,3)4/h4*7-10H,1-6H3;;(H3,1,2,3,4)/q4*+1;-1;/p-3. The van der Waals surface area contributed by atoms with Crippen LogP contribution in [-0.4, -0.2) is 286 Å². The van der Waals surface area contributed by atoms with Crippen molar-refractivity contribution < 1.29 is 62.9 Å². The number of hydrogen-bond donors (Lipinski definition) is 0. The van der Waals surface area contributed by atoms with E-state index < -0.39 is 47.4 Å². The SMILES string of the molecule is CN(C)[P+](On1nnc2ccccc21)(N(C)C)N(C)C.CN(C)[P+](On1nnc2ccccc21)(N(C)C)N(C)C.CN(C)[P+](On1nnc2ccccc21)(N(C)C)N(C)C.CN(C)[P+](On1nnc2ccccc21)(N(C)C)N(C)C.F[P-](F)(F)(F)(F)F.O=P([O-])([O-])[O-]. The van der Waals surface area contributed by atoms with Gasteiger partial charge in [-0.15, -0.1) is 76.4 Å². The van der Waals surface area contributed by atoms with Gasteiger partial charge in [-0.3, -0.25) is 0 Å². The average molecular weight is 1430 g/mol. The van der Waals surface area contributed by atoms with E-state index in [1.807, 2.05) is 266 Å². The first-order valence-electron chi connectivity index (χ1n) is 27.0. The minimum atomic E-state index is -10.7. The predicted molar refractivity (Wildman–Crippen MR) is 350 cm³/mol. The maximum Gasteiger partial charge on any atom is -0.159 e. The van der Waals surface area contributed by atoms with Crippen LogP contribution in [0.5, 0.6) is 0 Å². The molecule has 0 atom stereocenters. The topological polar surface area (TPSA) is 285 Å². The summed E-state index contributed by atoms with van der Waals surface area (Å²) in [5.74, 6) is 0. The summed E-state index contributed by atoms with van der Waals surface area (Å²) in [6, 6.07) is 31.0. The van der Waals surface area contributed by atoms with Crippen molar-refractivity contribution in [2.24, 2.45) is 0 Å². The largest absolute Gasteiger partial charge is 0.822 e. The molecule has 0 aliphatic heterocycles. The quantitative estimate of drug-likeness (QED) is 0.0677. The van der Waals surface area contributed by atoms with Crippen LogP contribution >= 0.6 is 47.4 Å². The Kier molecular flexibility index (Phi) is 28.0. The molecule has 0 saturated carbocycles. The molecule has 0 N–H and O–H groups in total. The Morgan fingerprint density at radius 1 is 0.315 bits per heavy atom. The first-order chi connectivity index (χ1) is 42.0. The summed E-state index contributed by atoms with van der Waals surface area (Å²) in [5.41, 5.74) is 6.74. The second-order valence-corrected chi connectivity index (χ2v) is 38.9. The van der Waals surface area contributed by atoms with E-state index in [-0.39, 0.29) is 0 Å². The van der Waals surface area contributed by atoms with Crippen LogP contribution in [-0.2, 0) is 4.57 Å². The third kappa shape index (κ3) is 21.5. The van der Waals surface area contributed by atoms with Crippen molar-refractivity contribution in [3.63, 3.8) is 0 Å². The number of phosphoric acid groups is 1. The fourth-order valence-corrected chi connectivity index (χ4v) is 20.9.